The summed E-state index contributed by atoms with van der Waals surface area (Å²) >= 11 is 0. The number of nitrogens with one attached hydrogen (secondary N) is 2. The van der Waals surface area contributed by atoms with E-state index in [1.54, 1.807) is 13.2 Å². The fourth-order valence-electron chi connectivity index (χ4n) is 5.88. The summed E-state index contributed by atoms with van der Waals surface area (Å²) in [6.07, 6.45) is 9.72. The molecule has 1 saturated heterocycles. The highest BCUT2D eigenvalue weighted by molar-refractivity contribution is 7.86. The van der Waals surface area contributed by atoms with Crippen LogP contribution in [-0.2, 0) is 42.9 Å². The van der Waals surface area contributed by atoms with Gasteiger partial charge >= 0.3 is 16.2 Å². The van der Waals surface area contributed by atoms with Gasteiger partial charge in [-0.25, -0.2) is 9.10 Å². The Labute approximate surface area is 206 Å². The van der Waals surface area contributed by atoms with Gasteiger partial charge in [0.2, 0.25) is 0 Å². The second-order valence-corrected chi connectivity index (χ2v) is 11.5. The summed E-state index contributed by atoms with van der Waals surface area (Å²) in [7, 11) is -2.91. The molecule has 0 saturated carbocycles. The lowest BCUT2D eigenvalue weighted by molar-refractivity contribution is -0.604. The predicted octanol–water partition coefficient (Wildman–Crippen LogP) is 1.55. The molecule has 11 heteroatoms. The molecule has 2 heterocycles. The Bertz CT molecular complexity index is 1190. The molecule has 2 aromatic rings. The molecular formula is C24H34N6O4S. The van der Waals surface area contributed by atoms with Crippen LogP contribution in [0.3, 0.4) is 0 Å². The van der Waals surface area contributed by atoms with Gasteiger partial charge in [-0.2, -0.15) is 18.0 Å². The van der Waals surface area contributed by atoms with Crippen LogP contribution in [-0.4, -0.2) is 54.8 Å². The number of aromatic nitrogens is 2. The van der Waals surface area contributed by atoms with E-state index in [0.29, 0.717) is 24.2 Å². The lowest BCUT2D eigenvalue weighted by Crippen LogP contribution is -3.14. The van der Waals surface area contributed by atoms with Crippen molar-refractivity contribution in [2.75, 3.05) is 29.3 Å². The molecule has 35 heavy (non-hydrogen) atoms. The van der Waals surface area contributed by atoms with Gasteiger partial charge in [-0.15, -0.1) is 0 Å². The topological polar surface area (TPSA) is 115 Å². The zero-order chi connectivity index (χ0) is 24.7. The number of anilines is 2. The maximum absolute atomic E-state index is 13.7. The number of hydrogen-bond donors (Lipinski definition) is 2. The van der Waals surface area contributed by atoms with Gasteiger partial charge in [0.25, 0.3) is 0 Å². The van der Waals surface area contributed by atoms with Gasteiger partial charge in [-0.05, 0) is 80.2 Å². The van der Waals surface area contributed by atoms with Gasteiger partial charge in [-0.3, -0.25) is 10.00 Å². The molecule has 1 unspecified atom stereocenters. The van der Waals surface area contributed by atoms with E-state index in [1.165, 1.54) is 22.0 Å². The van der Waals surface area contributed by atoms with Crippen molar-refractivity contribution >= 4 is 27.6 Å². The number of carbonyl (C=O) groups excluding carboxylic acids is 1. The van der Waals surface area contributed by atoms with Crippen LogP contribution >= 0.6 is 0 Å². The van der Waals surface area contributed by atoms with E-state index in [0.717, 1.165) is 73.6 Å². The Kier molecular flexibility index (Phi) is 6.60. The zero-order valence-electron chi connectivity index (χ0n) is 20.4. The SMILES string of the molecule is CCN1CCC(N(c2cnn(C)c2)S(=O)(=O)[NH+]([O-])C(=O)Nc2c3c(cc4c2CCC4)CCC3)CC1. The number of piperidine rings is 1. The third kappa shape index (κ3) is 4.46. The van der Waals surface area contributed by atoms with Crippen LogP contribution in [0.1, 0.15) is 54.9 Å². The Hall–Kier alpha value is -2.47. The van der Waals surface area contributed by atoms with Gasteiger partial charge < -0.3 is 10.1 Å². The monoisotopic (exact) mass is 502 g/mol. The van der Waals surface area contributed by atoms with Crippen molar-refractivity contribution in [3.63, 3.8) is 0 Å². The van der Waals surface area contributed by atoms with Crippen molar-refractivity contribution in [2.45, 2.75) is 64.3 Å². The number of aryl methyl sites for hydroxylation is 3. The van der Waals surface area contributed by atoms with Crippen molar-refractivity contribution in [3.05, 3.63) is 45.9 Å². The van der Waals surface area contributed by atoms with Crippen LogP contribution in [0.2, 0.25) is 0 Å². The number of carbonyl (C=O) groups is 1. The first-order valence-corrected chi connectivity index (χ1v) is 14.0. The number of rotatable bonds is 6. The number of hydroxylamine groups is 1. The first-order valence-electron chi connectivity index (χ1n) is 12.6. The molecule has 1 aliphatic heterocycles. The van der Waals surface area contributed by atoms with E-state index in [4.69, 9.17) is 0 Å². The van der Waals surface area contributed by atoms with E-state index < -0.39 is 26.8 Å². The van der Waals surface area contributed by atoms with Crippen molar-refractivity contribution in [2.24, 2.45) is 7.05 Å². The minimum Gasteiger partial charge on any atom is -0.608 e. The molecule has 1 fully saturated rings. The molecule has 2 amide bonds. The van der Waals surface area contributed by atoms with Crippen LogP contribution in [0.4, 0.5) is 16.2 Å². The van der Waals surface area contributed by atoms with Crippen molar-refractivity contribution in [3.8, 4) is 0 Å². The highest BCUT2D eigenvalue weighted by atomic mass is 32.2. The summed E-state index contributed by atoms with van der Waals surface area (Å²) < 4.78 is 28.5. The maximum atomic E-state index is 13.7. The van der Waals surface area contributed by atoms with E-state index in [1.807, 2.05) is 0 Å². The average Bonchev–Trinajstić information content (AvgIpc) is 3.60. The van der Waals surface area contributed by atoms with E-state index in [2.05, 4.69) is 28.3 Å². The molecule has 0 spiro atoms. The number of fused-ring (bicyclic) bond motifs is 2. The first-order chi connectivity index (χ1) is 16.8. The van der Waals surface area contributed by atoms with Gasteiger partial charge in [0.15, 0.2) is 0 Å². The predicted molar refractivity (Wildman–Crippen MR) is 134 cm³/mol. The number of amides is 2. The third-order valence-corrected chi connectivity index (χ3v) is 9.35. The quantitative estimate of drug-likeness (QED) is 0.579. The number of quaternary nitrogens is 1. The van der Waals surface area contributed by atoms with Crippen LogP contribution < -0.4 is 14.1 Å². The second kappa shape index (κ2) is 9.53. The molecule has 1 aromatic carbocycles. The minimum absolute atomic E-state index is 0.310. The summed E-state index contributed by atoms with van der Waals surface area (Å²) in [5.74, 6) is 0. The largest absolute Gasteiger partial charge is 0.608 e. The van der Waals surface area contributed by atoms with Crippen LogP contribution in [0.15, 0.2) is 18.5 Å². The van der Waals surface area contributed by atoms with Gasteiger partial charge in [0, 0.05) is 26.3 Å². The molecule has 2 N–H and O–H groups in total. The first kappa shape index (κ1) is 24.2. The Morgan fingerprint density at radius 2 is 1.80 bits per heavy atom. The van der Waals surface area contributed by atoms with Gasteiger partial charge in [0.1, 0.15) is 0 Å². The number of nitrogens with zero attached hydrogens (tertiary/aromatic N) is 4. The average molecular weight is 503 g/mol. The molecule has 10 nitrogen and oxygen atoms in total. The summed E-state index contributed by atoms with van der Waals surface area (Å²) in [4.78, 5) is 15.4. The smallest absolute Gasteiger partial charge is 0.436 e. The van der Waals surface area contributed by atoms with Crippen molar-refractivity contribution in [1.29, 1.82) is 0 Å². The van der Waals surface area contributed by atoms with E-state index in [9.17, 15) is 18.4 Å². The van der Waals surface area contributed by atoms with Crippen molar-refractivity contribution < 1.29 is 17.7 Å². The zero-order valence-corrected chi connectivity index (χ0v) is 21.2. The molecular weight excluding hydrogens is 468 g/mol. The summed E-state index contributed by atoms with van der Waals surface area (Å²) in [6, 6.07) is 0.736. The lowest BCUT2D eigenvalue weighted by Gasteiger charge is -2.38. The Morgan fingerprint density at radius 3 is 2.34 bits per heavy atom. The van der Waals surface area contributed by atoms with Crippen molar-refractivity contribution in [1.82, 2.24) is 14.7 Å². The molecule has 1 aromatic heterocycles. The van der Waals surface area contributed by atoms with Gasteiger partial charge in [-0.1, -0.05) is 13.0 Å². The second-order valence-electron chi connectivity index (χ2n) is 9.81. The normalized spacial score (nSPS) is 19.4. The fourth-order valence-corrected chi connectivity index (χ4v) is 7.32. The van der Waals surface area contributed by atoms with Crippen LogP contribution in [0.25, 0.3) is 0 Å². The Morgan fingerprint density at radius 1 is 1.17 bits per heavy atom. The fraction of sp³-hybridized carbons (Fsp3) is 0.583. The summed E-state index contributed by atoms with van der Waals surface area (Å²) in [5.41, 5.74) is 5.50. The summed E-state index contributed by atoms with van der Waals surface area (Å²) in [6.45, 7) is 4.42. The molecule has 0 radical (unpaired) electrons. The van der Waals surface area contributed by atoms with Crippen LogP contribution in [0, 0.1) is 5.21 Å². The highest BCUT2D eigenvalue weighted by Gasteiger charge is 2.41. The summed E-state index contributed by atoms with van der Waals surface area (Å²) in [5, 5.41) is 20.1. The standard InChI is InChI=1S/C24H34N6O4S/c1-3-28-12-10-19(11-13-28)29(20-15-25-27(2)16-20)35(33,34)30(32)24(31)26-23-21-8-4-6-17(21)14-18-7-5-9-22(18)23/h14-16,19,30H,3-13H2,1-2H3,(H,26,31). The molecule has 1 atom stereocenters. The maximum Gasteiger partial charge on any atom is 0.436 e. The van der Waals surface area contributed by atoms with E-state index >= 15 is 0 Å². The lowest BCUT2D eigenvalue weighted by atomic mass is 9.99. The number of urea groups is 1. The number of hydrogen-bond acceptors (Lipinski definition) is 6. The molecule has 0 bridgehead atoms. The minimum atomic E-state index is -4.60. The van der Waals surface area contributed by atoms with E-state index in [-0.39, 0.29) is 0 Å². The molecule has 190 valence electrons. The third-order valence-electron chi connectivity index (χ3n) is 7.67. The number of benzene rings is 1. The molecule has 2 aliphatic carbocycles. The number of likely N-dealkylation sites (tertiary alicyclic amines) is 1. The molecule has 3 aliphatic rings. The highest BCUT2D eigenvalue weighted by Crippen LogP contribution is 2.38. The Balaban J connectivity index is 1.43. The van der Waals surface area contributed by atoms with Gasteiger partial charge in [0.05, 0.1) is 23.6 Å². The molecule has 5 rings (SSSR count). The van der Waals surface area contributed by atoms with Crippen LogP contribution in [0.5, 0.6) is 0 Å².